The van der Waals surface area contributed by atoms with E-state index in [2.05, 4.69) is 9.97 Å². The topological polar surface area (TPSA) is 56.7 Å². The number of aryl methyl sites for hydroxylation is 1. The van der Waals surface area contributed by atoms with E-state index in [9.17, 15) is 0 Å². The molecule has 3 rings (SSSR count). The number of thiophene rings is 1. The zero-order valence-electron chi connectivity index (χ0n) is 9.37. The first kappa shape index (κ1) is 10.4. The highest BCUT2D eigenvalue weighted by Gasteiger charge is 2.17. The third-order valence-electron chi connectivity index (χ3n) is 2.82. The van der Waals surface area contributed by atoms with Crippen LogP contribution in [0, 0.1) is 0 Å². The largest absolute Gasteiger partial charge is 0.328 e. The lowest BCUT2D eigenvalue weighted by Gasteiger charge is -2.09. The molecule has 1 atom stereocenters. The number of imidazole rings is 1. The zero-order chi connectivity index (χ0) is 11.8. The maximum Gasteiger partial charge on any atom is 0.177 e. The molecular formula is C12H12N4S. The lowest BCUT2D eigenvalue weighted by Crippen LogP contribution is -2.15. The maximum absolute atomic E-state index is 6.22. The lowest BCUT2D eigenvalue weighted by atomic mass is 10.2. The van der Waals surface area contributed by atoms with Gasteiger partial charge in [0.15, 0.2) is 5.65 Å². The van der Waals surface area contributed by atoms with Gasteiger partial charge in [0.25, 0.3) is 0 Å². The third-order valence-corrected chi connectivity index (χ3v) is 3.77. The second-order valence-electron chi connectivity index (χ2n) is 3.87. The Balaban J connectivity index is 2.15. The number of nitrogens with zero attached hydrogens (tertiary/aromatic N) is 3. The molecule has 0 radical (unpaired) electrons. The van der Waals surface area contributed by atoms with Crippen molar-refractivity contribution < 1.29 is 0 Å². The Morgan fingerprint density at radius 3 is 2.94 bits per heavy atom. The van der Waals surface area contributed by atoms with E-state index in [1.54, 1.807) is 17.5 Å². The van der Waals surface area contributed by atoms with Gasteiger partial charge >= 0.3 is 0 Å². The summed E-state index contributed by atoms with van der Waals surface area (Å²) in [5, 5.41) is 2.02. The second-order valence-corrected chi connectivity index (χ2v) is 4.85. The van der Waals surface area contributed by atoms with Crippen LogP contribution in [0.3, 0.4) is 0 Å². The van der Waals surface area contributed by atoms with Crippen LogP contribution in [0.1, 0.15) is 16.7 Å². The van der Waals surface area contributed by atoms with E-state index in [4.69, 9.17) is 5.73 Å². The quantitative estimate of drug-likeness (QED) is 0.751. The molecule has 0 amide bonds. The minimum atomic E-state index is -0.186. The Hall–Kier alpha value is -1.72. The highest BCUT2D eigenvalue weighted by atomic mass is 32.1. The molecule has 17 heavy (non-hydrogen) atoms. The Kier molecular flexibility index (Phi) is 2.42. The van der Waals surface area contributed by atoms with Crippen molar-refractivity contribution >= 4 is 22.5 Å². The van der Waals surface area contributed by atoms with Gasteiger partial charge in [0.1, 0.15) is 5.82 Å². The molecule has 5 heteroatoms. The number of hydrogen-bond acceptors (Lipinski definition) is 4. The first-order valence-corrected chi connectivity index (χ1v) is 6.21. The van der Waals surface area contributed by atoms with Gasteiger partial charge in [0.2, 0.25) is 0 Å². The van der Waals surface area contributed by atoms with Crippen molar-refractivity contribution in [2.45, 2.75) is 6.04 Å². The first-order chi connectivity index (χ1) is 8.27. The van der Waals surface area contributed by atoms with Crippen molar-refractivity contribution in [1.29, 1.82) is 0 Å². The van der Waals surface area contributed by atoms with E-state index in [1.807, 2.05) is 41.3 Å². The number of fused-ring (bicyclic) bond motifs is 1. The molecule has 3 aromatic heterocycles. The Labute approximate surface area is 103 Å². The molecular weight excluding hydrogens is 232 g/mol. The van der Waals surface area contributed by atoms with Gasteiger partial charge in [-0.1, -0.05) is 6.07 Å². The summed E-state index contributed by atoms with van der Waals surface area (Å²) in [4.78, 5) is 9.86. The van der Waals surface area contributed by atoms with Crippen molar-refractivity contribution in [2.24, 2.45) is 12.8 Å². The van der Waals surface area contributed by atoms with E-state index < -0.39 is 0 Å². The molecule has 0 aliphatic rings. The summed E-state index contributed by atoms with van der Waals surface area (Å²) in [7, 11) is 1.97. The molecule has 0 saturated heterocycles. The van der Waals surface area contributed by atoms with E-state index >= 15 is 0 Å². The summed E-state index contributed by atoms with van der Waals surface area (Å²) in [5.41, 5.74) is 7.98. The smallest absolute Gasteiger partial charge is 0.177 e. The minimum Gasteiger partial charge on any atom is -0.328 e. The van der Waals surface area contributed by atoms with E-state index in [0.29, 0.717) is 0 Å². The van der Waals surface area contributed by atoms with Crippen molar-refractivity contribution in [3.8, 4) is 0 Å². The van der Waals surface area contributed by atoms with Crippen molar-refractivity contribution in [2.75, 3.05) is 0 Å². The monoisotopic (exact) mass is 244 g/mol. The lowest BCUT2D eigenvalue weighted by molar-refractivity contribution is 0.738. The average molecular weight is 244 g/mol. The second kappa shape index (κ2) is 3.94. The SMILES string of the molecule is Cn1c(C(N)c2cccs2)nc2ncccc21. The van der Waals surface area contributed by atoms with Crippen LogP contribution in [-0.4, -0.2) is 14.5 Å². The Morgan fingerprint density at radius 1 is 1.35 bits per heavy atom. The molecule has 4 nitrogen and oxygen atoms in total. The standard InChI is InChI=1S/C12H12N4S/c1-16-8-4-2-6-14-11(8)15-12(16)10(13)9-5-3-7-17-9/h2-7,10H,13H2,1H3. The van der Waals surface area contributed by atoms with Gasteiger partial charge in [-0.15, -0.1) is 11.3 Å². The van der Waals surface area contributed by atoms with Crippen LogP contribution in [0.25, 0.3) is 11.2 Å². The van der Waals surface area contributed by atoms with Crippen molar-refractivity contribution in [1.82, 2.24) is 14.5 Å². The normalized spacial score (nSPS) is 13.1. The van der Waals surface area contributed by atoms with E-state index in [1.165, 1.54) is 0 Å². The van der Waals surface area contributed by atoms with Crippen LogP contribution < -0.4 is 5.73 Å². The summed E-state index contributed by atoms with van der Waals surface area (Å²) in [6.07, 6.45) is 1.75. The molecule has 3 aromatic rings. The third kappa shape index (κ3) is 1.64. The summed E-state index contributed by atoms with van der Waals surface area (Å²) in [6, 6.07) is 7.75. The highest BCUT2D eigenvalue weighted by molar-refractivity contribution is 7.10. The zero-order valence-corrected chi connectivity index (χ0v) is 10.2. The van der Waals surface area contributed by atoms with Crippen LogP contribution >= 0.6 is 11.3 Å². The number of rotatable bonds is 2. The molecule has 0 aliphatic carbocycles. The molecule has 86 valence electrons. The number of aromatic nitrogens is 3. The van der Waals surface area contributed by atoms with Gasteiger partial charge in [-0.25, -0.2) is 9.97 Å². The number of nitrogens with two attached hydrogens (primary N) is 1. The van der Waals surface area contributed by atoms with Crippen LogP contribution in [-0.2, 0) is 7.05 Å². The van der Waals surface area contributed by atoms with Crippen LogP contribution in [0.15, 0.2) is 35.8 Å². The fourth-order valence-corrected chi connectivity index (χ4v) is 2.64. The molecule has 0 fully saturated rings. The molecule has 0 aliphatic heterocycles. The van der Waals surface area contributed by atoms with Gasteiger partial charge in [0.05, 0.1) is 11.6 Å². The van der Waals surface area contributed by atoms with Crippen LogP contribution in [0.4, 0.5) is 0 Å². The molecule has 2 N–H and O–H groups in total. The van der Waals surface area contributed by atoms with Gasteiger partial charge in [-0.3, -0.25) is 0 Å². The van der Waals surface area contributed by atoms with Gasteiger partial charge < -0.3 is 10.3 Å². The molecule has 1 unspecified atom stereocenters. The molecule has 0 bridgehead atoms. The Morgan fingerprint density at radius 2 is 2.24 bits per heavy atom. The number of pyridine rings is 1. The predicted molar refractivity (Wildman–Crippen MR) is 68.9 cm³/mol. The van der Waals surface area contributed by atoms with Crippen LogP contribution in [0.2, 0.25) is 0 Å². The average Bonchev–Trinajstić information content (AvgIpc) is 2.97. The Bertz CT molecular complexity index is 642. The maximum atomic E-state index is 6.22. The van der Waals surface area contributed by atoms with Gasteiger partial charge in [0, 0.05) is 18.1 Å². The first-order valence-electron chi connectivity index (χ1n) is 5.33. The highest BCUT2D eigenvalue weighted by Crippen LogP contribution is 2.24. The summed E-state index contributed by atoms with van der Waals surface area (Å²) in [5.74, 6) is 0.848. The fourth-order valence-electron chi connectivity index (χ4n) is 1.92. The summed E-state index contributed by atoms with van der Waals surface area (Å²) in [6.45, 7) is 0. The summed E-state index contributed by atoms with van der Waals surface area (Å²) < 4.78 is 2.01. The predicted octanol–water partition coefficient (Wildman–Crippen LogP) is 2.08. The van der Waals surface area contributed by atoms with E-state index in [0.717, 1.165) is 21.9 Å². The van der Waals surface area contributed by atoms with Gasteiger partial charge in [-0.2, -0.15) is 0 Å². The molecule has 0 saturated carbocycles. The minimum absolute atomic E-state index is 0.186. The summed E-state index contributed by atoms with van der Waals surface area (Å²) >= 11 is 1.65. The molecule has 3 heterocycles. The van der Waals surface area contributed by atoms with Gasteiger partial charge in [-0.05, 0) is 23.6 Å². The molecule has 0 aromatic carbocycles. The van der Waals surface area contributed by atoms with Crippen molar-refractivity contribution in [3.63, 3.8) is 0 Å². The van der Waals surface area contributed by atoms with Crippen LogP contribution in [0.5, 0.6) is 0 Å². The fraction of sp³-hybridized carbons (Fsp3) is 0.167. The number of hydrogen-bond donors (Lipinski definition) is 1. The molecule has 0 spiro atoms. The van der Waals surface area contributed by atoms with E-state index in [-0.39, 0.29) is 6.04 Å². The van der Waals surface area contributed by atoms with Crippen molar-refractivity contribution in [3.05, 3.63) is 46.5 Å².